The predicted octanol–water partition coefficient (Wildman–Crippen LogP) is 3.09. The molecule has 1 fully saturated rings. The van der Waals surface area contributed by atoms with Crippen molar-refractivity contribution in [2.45, 2.75) is 12.8 Å². The lowest BCUT2D eigenvalue weighted by Crippen LogP contribution is -2.44. The highest BCUT2D eigenvalue weighted by atomic mass is 16.2. The largest absolute Gasteiger partial charge is 0.315 e. The van der Waals surface area contributed by atoms with Crippen LogP contribution in [0.2, 0.25) is 0 Å². The molecule has 0 heterocycles. The third-order valence-electron chi connectivity index (χ3n) is 4.47. The maximum Gasteiger partial charge on any atom is 0.242 e. The van der Waals surface area contributed by atoms with E-state index in [0.717, 1.165) is 11.4 Å². The number of hydrogen-bond donors (Lipinski definition) is 0. The summed E-state index contributed by atoms with van der Waals surface area (Å²) in [6, 6.07) is 18.9. The highest BCUT2D eigenvalue weighted by Crippen LogP contribution is 2.49. The average Bonchev–Trinajstić information content (AvgIpc) is 3.42. The molecule has 2 aromatic rings. The zero-order chi connectivity index (χ0) is 16.4. The molecule has 0 unspecified atom stereocenters. The van der Waals surface area contributed by atoms with Crippen molar-refractivity contribution in [3.8, 4) is 0 Å². The van der Waals surface area contributed by atoms with Crippen LogP contribution in [-0.2, 0) is 9.59 Å². The summed E-state index contributed by atoms with van der Waals surface area (Å²) >= 11 is 0. The van der Waals surface area contributed by atoms with Gasteiger partial charge in [0.25, 0.3) is 0 Å². The molecule has 0 N–H and O–H groups in total. The molecule has 0 aromatic heterocycles. The Morgan fingerprint density at radius 2 is 1.09 bits per heavy atom. The van der Waals surface area contributed by atoms with Crippen molar-refractivity contribution in [2.75, 3.05) is 23.9 Å². The fourth-order valence-electron chi connectivity index (χ4n) is 2.82. The Kier molecular flexibility index (Phi) is 3.90. The number of para-hydroxylation sites is 2. The molecule has 2 aromatic carbocycles. The van der Waals surface area contributed by atoms with Crippen LogP contribution in [0.15, 0.2) is 60.7 Å². The molecular weight excluding hydrogens is 288 g/mol. The van der Waals surface area contributed by atoms with Crippen LogP contribution in [0.3, 0.4) is 0 Å². The Hall–Kier alpha value is -2.62. The molecular formula is C19H20N2O2. The summed E-state index contributed by atoms with van der Waals surface area (Å²) in [5, 5.41) is 0. The van der Waals surface area contributed by atoms with Crippen LogP contribution < -0.4 is 9.80 Å². The van der Waals surface area contributed by atoms with Crippen molar-refractivity contribution in [1.82, 2.24) is 0 Å². The number of carbonyl (C=O) groups excluding carboxylic acids is 2. The molecule has 0 atom stereocenters. The van der Waals surface area contributed by atoms with Gasteiger partial charge in [0.2, 0.25) is 11.8 Å². The average molecular weight is 308 g/mol. The molecule has 4 heteroatoms. The van der Waals surface area contributed by atoms with Crippen molar-refractivity contribution in [1.29, 1.82) is 0 Å². The molecule has 118 valence electrons. The number of hydrogen-bond acceptors (Lipinski definition) is 2. The van der Waals surface area contributed by atoms with E-state index >= 15 is 0 Å². The van der Waals surface area contributed by atoms with Crippen molar-refractivity contribution < 1.29 is 9.59 Å². The predicted molar refractivity (Wildman–Crippen MR) is 91.4 cm³/mol. The smallest absolute Gasteiger partial charge is 0.242 e. The Balaban J connectivity index is 1.81. The monoisotopic (exact) mass is 308 g/mol. The van der Waals surface area contributed by atoms with Crippen molar-refractivity contribution in [2.24, 2.45) is 5.41 Å². The maximum atomic E-state index is 12.9. The van der Waals surface area contributed by atoms with E-state index in [1.165, 1.54) is 0 Å². The molecule has 2 amide bonds. The zero-order valence-electron chi connectivity index (χ0n) is 13.4. The van der Waals surface area contributed by atoms with Crippen LogP contribution in [0, 0.1) is 5.41 Å². The number of rotatable bonds is 4. The minimum absolute atomic E-state index is 0.128. The molecule has 0 aliphatic heterocycles. The van der Waals surface area contributed by atoms with Gasteiger partial charge < -0.3 is 9.80 Å². The summed E-state index contributed by atoms with van der Waals surface area (Å²) < 4.78 is 0. The summed E-state index contributed by atoms with van der Waals surface area (Å²) in [6.07, 6.45) is 1.22. The Labute approximate surface area is 136 Å². The third-order valence-corrected chi connectivity index (χ3v) is 4.47. The molecule has 1 aliphatic rings. The molecule has 0 saturated heterocycles. The maximum absolute atomic E-state index is 12.9. The zero-order valence-corrected chi connectivity index (χ0v) is 13.4. The highest BCUT2D eigenvalue weighted by molar-refractivity contribution is 6.18. The van der Waals surface area contributed by atoms with E-state index < -0.39 is 5.41 Å². The first-order valence-electron chi connectivity index (χ1n) is 7.73. The second kappa shape index (κ2) is 5.88. The van der Waals surface area contributed by atoms with Gasteiger partial charge >= 0.3 is 0 Å². The second-order valence-corrected chi connectivity index (χ2v) is 5.98. The fourth-order valence-corrected chi connectivity index (χ4v) is 2.82. The second-order valence-electron chi connectivity index (χ2n) is 5.98. The highest BCUT2D eigenvalue weighted by Gasteiger charge is 2.58. The SMILES string of the molecule is CN(C(=O)C1(C(=O)N(C)c2ccccc2)CC1)c1ccccc1. The Morgan fingerprint density at radius 1 is 0.739 bits per heavy atom. The van der Waals surface area contributed by atoms with E-state index in [2.05, 4.69) is 0 Å². The standard InChI is InChI=1S/C19H20N2O2/c1-20(15-9-5-3-6-10-15)17(22)19(13-14-19)18(23)21(2)16-11-7-4-8-12-16/h3-12H,13-14H2,1-2H3. The van der Waals surface area contributed by atoms with E-state index in [4.69, 9.17) is 0 Å². The van der Waals surface area contributed by atoms with Crippen molar-refractivity contribution in [3.63, 3.8) is 0 Å². The lowest BCUT2D eigenvalue weighted by molar-refractivity contribution is -0.133. The summed E-state index contributed by atoms with van der Waals surface area (Å²) in [7, 11) is 3.46. The van der Waals surface area contributed by atoms with Gasteiger partial charge in [0.15, 0.2) is 0 Å². The summed E-state index contributed by atoms with van der Waals surface area (Å²) in [6.45, 7) is 0. The number of carbonyl (C=O) groups is 2. The van der Waals surface area contributed by atoms with Crippen molar-refractivity contribution in [3.05, 3.63) is 60.7 Å². The number of amides is 2. The molecule has 4 nitrogen and oxygen atoms in total. The van der Waals surface area contributed by atoms with Gasteiger partial charge in [-0.2, -0.15) is 0 Å². The van der Waals surface area contributed by atoms with Crippen LogP contribution >= 0.6 is 0 Å². The fraction of sp³-hybridized carbons (Fsp3) is 0.263. The van der Waals surface area contributed by atoms with Crippen LogP contribution in [0.5, 0.6) is 0 Å². The van der Waals surface area contributed by atoms with Crippen LogP contribution in [-0.4, -0.2) is 25.9 Å². The van der Waals surface area contributed by atoms with E-state index in [-0.39, 0.29) is 11.8 Å². The Morgan fingerprint density at radius 3 is 1.39 bits per heavy atom. The molecule has 1 saturated carbocycles. The normalized spacial score (nSPS) is 14.9. The van der Waals surface area contributed by atoms with Crippen LogP contribution in [0.4, 0.5) is 11.4 Å². The number of nitrogens with zero attached hydrogens (tertiary/aromatic N) is 2. The molecule has 0 radical (unpaired) electrons. The Bertz CT molecular complexity index is 649. The van der Waals surface area contributed by atoms with Gasteiger partial charge in [0, 0.05) is 25.5 Å². The first kappa shape index (κ1) is 15.3. The van der Waals surface area contributed by atoms with Gasteiger partial charge in [-0.15, -0.1) is 0 Å². The van der Waals surface area contributed by atoms with Gasteiger partial charge in [-0.1, -0.05) is 36.4 Å². The molecule has 3 rings (SSSR count). The lowest BCUT2D eigenvalue weighted by atomic mass is 10.0. The van der Waals surface area contributed by atoms with Gasteiger partial charge in [-0.25, -0.2) is 0 Å². The van der Waals surface area contributed by atoms with Gasteiger partial charge in [0.05, 0.1) is 0 Å². The van der Waals surface area contributed by atoms with E-state index in [9.17, 15) is 9.59 Å². The summed E-state index contributed by atoms with van der Waals surface area (Å²) in [5.41, 5.74) is 0.702. The summed E-state index contributed by atoms with van der Waals surface area (Å²) in [4.78, 5) is 28.9. The van der Waals surface area contributed by atoms with E-state index in [1.807, 2.05) is 60.7 Å². The molecule has 0 bridgehead atoms. The van der Waals surface area contributed by atoms with Gasteiger partial charge in [-0.05, 0) is 37.1 Å². The summed E-state index contributed by atoms with van der Waals surface area (Å²) in [5.74, 6) is -0.257. The van der Waals surface area contributed by atoms with E-state index in [0.29, 0.717) is 12.8 Å². The first-order valence-corrected chi connectivity index (χ1v) is 7.73. The minimum Gasteiger partial charge on any atom is -0.315 e. The minimum atomic E-state index is -0.908. The number of benzene rings is 2. The first-order chi connectivity index (χ1) is 11.1. The quantitative estimate of drug-likeness (QED) is 0.814. The van der Waals surface area contributed by atoms with E-state index in [1.54, 1.807) is 23.9 Å². The van der Waals surface area contributed by atoms with Gasteiger partial charge in [0.1, 0.15) is 5.41 Å². The molecule has 1 aliphatic carbocycles. The van der Waals surface area contributed by atoms with Gasteiger partial charge in [-0.3, -0.25) is 9.59 Å². The van der Waals surface area contributed by atoms with Crippen LogP contribution in [0.25, 0.3) is 0 Å². The molecule has 0 spiro atoms. The lowest BCUT2D eigenvalue weighted by Gasteiger charge is -2.27. The van der Waals surface area contributed by atoms with Crippen molar-refractivity contribution >= 4 is 23.2 Å². The third kappa shape index (κ3) is 2.72. The molecule has 23 heavy (non-hydrogen) atoms. The van der Waals surface area contributed by atoms with Crippen LogP contribution in [0.1, 0.15) is 12.8 Å². The number of anilines is 2. The topological polar surface area (TPSA) is 40.6 Å².